The number of rotatable bonds is 22. The number of carbonyl (C=O) groups excluding carboxylic acids is 5. The summed E-state index contributed by atoms with van der Waals surface area (Å²) >= 11 is 0. The lowest BCUT2D eigenvalue weighted by Crippen LogP contribution is -2.47. The fourth-order valence-corrected chi connectivity index (χ4v) is 7.17. The molecule has 2 aromatic carbocycles. The highest BCUT2D eigenvalue weighted by Gasteiger charge is 2.57. The molecule has 0 radical (unpaired) electrons. The molecule has 2 aromatic rings. The highest BCUT2D eigenvalue weighted by molar-refractivity contribution is 6.30. The predicted octanol–water partition coefficient (Wildman–Crippen LogP) is 0.499. The number of aliphatic hydroxyl groups excluding tert-OH is 5. The van der Waals surface area contributed by atoms with Gasteiger partial charge in [-0.25, -0.2) is 19.2 Å². The van der Waals surface area contributed by atoms with Crippen LogP contribution in [0, 0.1) is 11.8 Å². The van der Waals surface area contributed by atoms with Crippen LogP contribution < -0.4 is 4.74 Å². The third-order valence-electron chi connectivity index (χ3n) is 10.1. The van der Waals surface area contributed by atoms with E-state index in [1.165, 1.54) is 13.8 Å². The first-order chi connectivity index (χ1) is 30.9. The van der Waals surface area contributed by atoms with Gasteiger partial charge in [0, 0.05) is 23.6 Å². The Hall–Kier alpha value is -7.90. The molecule has 12 N–H and O–H groups in total. The summed E-state index contributed by atoms with van der Waals surface area (Å²) < 4.78 is 14.8. The predicted molar refractivity (Wildman–Crippen MR) is 216 cm³/mol. The minimum Gasteiger partial charge on any atom is -0.510 e. The molecule has 0 bridgehead atoms. The van der Waals surface area contributed by atoms with Gasteiger partial charge in [0.2, 0.25) is 6.10 Å². The number of hydrogen-bond acceptors (Lipinski definition) is 20. The van der Waals surface area contributed by atoms with Gasteiger partial charge >= 0.3 is 41.8 Å². The number of aliphatic carboxylic acids is 4. The molecule has 0 heterocycles. The van der Waals surface area contributed by atoms with Crippen LogP contribution in [-0.2, 0) is 48.5 Å². The number of allylic oxidation sites excluding steroid dienone is 3. The standard InChI is InChI=1S/C42H44O25/c1-13(2)11-42(35(54)26(18-8-17(37(56)57)6-7-21(18)45)32(52)27(36(42)55)28(39(60)61)33(53)40(62)63)20-9-19(30(50)22(46)12-65-41(64)29(49)15(4)66-16(5)44)25(14(3)43)34(31(20)51)67-23(38(58)59)10-24(47)48/h6-9,13,15,22-23,28-29,33,45-46,49,51-53,55H,10-12H2,1-5H3,(H,47,48)(H,56,57)(H,58,59)(H,60,61)(H,62,63). The third kappa shape index (κ3) is 11.0. The van der Waals surface area contributed by atoms with Crippen LogP contribution in [0.25, 0.3) is 5.57 Å². The number of Topliss-reactive ketones (excluding diaryl/α,β-unsaturated/α-hetero) is 3. The van der Waals surface area contributed by atoms with Crippen molar-refractivity contribution in [3.05, 3.63) is 69.2 Å². The maximum absolute atomic E-state index is 15.4. The Morgan fingerprint density at radius 3 is 1.85 bits per heavy atom. The van der Waals surface area contributed by atoms with Gasteiger partial charge in [-0.15, -0.1) is 0 Å². The molecule has 67 heavy (non-hydrogen) atoms. The van der Waals surface area contributed by atoms with Gasteiger partial charge in [-0.1, -0.05) is 13.8 Å². The number of esters is 2. The van der Waals surface area contributed by atoms with E-state index in [0.717, 1.165) is 19.9 Å². The number of carbonyl (C=O) groups is 10. The Balaban J connectivity index is 2.71. The summed E-state index contributed by atoms with van der Waals surface area (Å²) in [5.74, 6) is -29.4. The van der Waals surface area contributed by atoms with Crippen LogP contribution in [0.1, 0.15) is 89.7 Å². The van der Waals surface area contributed by atoms with E-state index in [9.17, 15) is 104 Å². The van der Waals surface area contributed by atoms with E-state index in [-0.39, 0.29) is 0 Å². The topological polar surface area (TPSA) is 441 Å². The molecular weight excluding hydrogens is 904 g/mol. The summed E-state index contributed by atoms with van der Waals surface area (Å²) in [7, 11) is 0. The molecule has 1 aliphatic carbocycles. The Morgan fingerprint density at radius 2 is 1.37 bits per heavy atom. The number of aliphatic hydroxyl groups is 5. The number of phenols is 2. The van der Waals surface area contributed by atoms with Gasteiger partial charge in [0.1, 0.15) is 41.3 Å². The van der Waals surface area contributed by atoms with Crippen LogP contribution >= 0.6 is 0 Å². The van der Waals surface area contributed by atoms with E-state index in [4.69, 9.17) is 9.47 Å². The minimum absolute atomic E-state index is 0.377. The molecule has 1 aliphatic rings. The molecule has 0 aromatic heterocycles. The van der Waals surface area contributed by atoms with Gasteiger partial charge in [-0.2, -0.15) is 0 Å². The summed E-state index contributed by atoms with van der Waals surface area (Å²) in [5.41, 5.74) is -11.6. The zero-order valence-corrected chi connectivity index (χ0v) is 35.6. The van der Waals surface area contributed by atoms with Crippen molar-refractivity contribution >= 4 is 64.7 Å². The molecule has 25 heteroatoms. The fraction of sp³-hybridized carbons (Fsp3) is 0.381. The van der Waals surface area contributed by atoms with Crippen LogP contribution in [0.4, 0.5) is 0 Å². The molecule has 0 aliphatic heterocycles. The van der Waals surface area contributed by atoms with Gasteiger partial charge in [-0.3, -0.25) is 28.8 Å². The number of aromatic hydroxyl groups is 2. The zero-order valence-electron chi connectivity index (χ0n) is 35.6. The van der Waals surface area contributed by atoms with Gasteiger partial charge < -0.3 is 75.5 Å². The van der Waals surface area contributed by atoms with Crippen molar-refractivity contribution in [2.45, 2.75) is 83.4 Å². The second-order valence-corrected chi connectivity index (χ2v) is 15.3. The number of carboxylic acid groups (broad SMARTS) is 5. The number of carboxylic acids is 5. The minimum atomic E-state index is -3.32. The average molecular weight is 949 g/mol. The molecule has 7 unspecified atom stereocenters. The highest BCUT2D eigenvalue weighted by atomic mass is 16.6. The maximum atomic E-state index is 15.4. The number of ketones is 3. The first kappa shape index (κ1) is 53.4. The number of ether oxygens (including phenoxy) is 3. The van der Waals surface area contributed by atoms with Crippen LogP contribution in [0.3, 0.4) is 0 Å². The van der Waals surface area contributed by atoms with Crippen molar-refractivity contribution in [3.8, 4) is 17.2 Å². The summed E-state index contributed by atoms with van der Waals surface area (Å²) in [6.45, 7) is 3.84. The fourth-order valence-electron chi connectivity index (χ4n) is 7.17. The highest BCUT2D eigenvalue weighted by Crippen LogP contribution is 2.55. The van der Waals surface area contributed by atoms with Crippen molar-refractivity contribution in [1.29, 1.82) is 0 Å². The number of hydrogen-bond donors (Lipinski definition) is 12. The van der Waals surface area contributed by atoms with E-state index in [2.05, 4.69) is 4.74 Å². The third-order valence-corrected chi connectivity index (χ3v) is 10.1. The average Bonchev–Trinajstić information content (AvgIpc) is 3.22. The maximum Gasteiger partial charge on any atom is 0.345 e. The quantitative estimate of drug-likeness (QED) is 0.0565. The molecule has 3 rings (SSSR count). The Kier molecular flexibility index (Phi) is 16.7. The van der Waals surface area contributed by atoms with E-state index in [1.807, 2.05) is 0 Å². The molecule has 25 nitrogen and oxygen atoms in total. The Morgan fingerprint density at radius 1 is 0.776 bits per heavy atom. The summed E-state index contributed by atoms with van der Waals surface area (Å²) in [6.07, 6.45) is -14.6. The molecule has 0 spiro atoms. The number of phenolic OH excluding ortho intramolecular Hbond substituents is 2. The van der Waals surface area contributed by atoms with E-state index < -0.39 is 194 Å². The van der Waals surface area contributed by atoms with Crippen molar-refractivity contribution in [2.75, 3.05) is 6.61 Å². The number of benzene rings is 2. The van der Waals surface area contributed by atoms with E-state index in [1.54, 1.807) is 0 Å². The van der Waals surface area contributed by atoms with Crippen molar-refractivity contribution in [3.63, 3.8) is 0 Å². The molecule has 362 valence electrons. The van der Waals surface area contributed by atoms with Crippen molar-refractivity contribution in [1.82, 2.24) is 0 Å². The smallest absolute Gasteiger partial charge is 0.345 e. The summed E-state index contributed by atoms with van der Waals surface area (Å²) in [6, 6.07) is 2.40. The zero-order chi connectivity index (χ0) is 51.3. The molecule has 0 amide bonds. The Bertz CT molecular complexity index is 2490. The number of aromatic carboxylic acids is 1. The summed E-state index contributed by atoms with van der Waals surface area (Å²) in [4.78, 5) is 128. The van der Waals surface area contributed by atoms with Crippen LogP contribution in [0.2, 0.25) is 0 Å². The van der Waals surface area contributed by atoms with Crippen LogP contribution in [0.5, 0.6) is 17.2 Å². The van der Waals surface area contributed by atoms with Crippen LogP contribution in [-0.4, -0.2) is 158 Å². The van der Waals surface area contributed by atoms with E-state index in [0.29, 0.717) is 25.1 Å². The molecule has 0 saturated heterocycles. The Labute approximate surface area is 376 Å². The molecule has 0 saturated carbocycles. The van der Waals surface area contributed by atoms with Crippen molar-refractivity contribution < 1.29 is 123 Å². The normalized spacial score (nSPS) is 17.7. The van der Waals surface area contributed by atoms with Crippen molar-refractivity contribution in [2.24, 2.45) is 11.8 Å². The molecule has 0 fully saturated rings. The molecule has 7 atom stereocenters. The first-order valence-corrected chi connectivity index (χ1v) is 19.3. The lowest BCUT2D eigenvalue weighted by Gasteiger charge is -2.41. The van der Waals surface area contributed by atoms with E-state index >= 15 is 4.79 Å². The SMILES string of the molecule is CC(=O)OC(C)C(O)C(=O)OCC(O)C(=O)c1cc(C2(CC(C)C)C(=O)C(c3cc(C(=O)O)ccc3O)=C(O)C(C(C(=O)O)C(O)C(=O)O)=C2O)c(O)c(OC(CC(=O)O)C(=O)O)c1C(C)=O. The lowest BCUT2D eigenvalue weighted by atomic mass is 9.61. The van der Waals surface area contributed by atoms with Gasteiger partial charge in [0.05, 0.1) is 28.7 Å². The second-order valence-electron chi connectivity index (χ2n) is 15.3. The lowest BCUT2D eigenvalue weighted by molar-refractivity contribution is -0.168. The first-order valence-electron chi connectivity index (χ1n) is 19.3. The van der Waals surface area contributed by atoms with Gasteiger partial charge in [0.25, 0.3) is 0 Å². The van der Waals surface area contributed by atoms with Crippen LogP contribution in [0.15, 0.2) is 41.4 Å². The van der Waals surface area contributed by atoms with Gasteiger partial charge in [0.15, 0.2) is 47.2 Å². The largest absolute Gasteiger partial charge is 0.510 e. The van der Waals surface area contributed by atoms with Gasteiger partial charge in [-0.05, 0) is 50.5 Å². The second kappa shape index (κ2) is 20.9. The monoisotopic (exact) mass is 948 g/mol. The summed E-state index contributed by atoms with van der Waals surface area (Å²) in [5, 5.41) is 129. The molecular formula is C42H44O25.